The lowest BCUT2D eigenvalue weighted by Crippen LogP contribution is -2.46. The Hall–Kier alpha value is -1.44. The summed E-state index contributed by atoms with van der Waals surface area (Å²) in [5.74, 6) is 1.03. The molecule has 3 heterocycles. The molecule has 2 fully saturated rings. The molecular formula is C16H26N4O3. The summed E-state index contributed by atoms with van der Waals surface area (Å²) in [4.78, 5) is 18.7. The maximum absolute atomic E-state index is 12.2. The number of carbonyl (C=O) groups excluding carboxylic acids is 1. The van der Waals surface area contributed by atoms with Gasteiger partial charge in [-0.1, -0.05) is 0 Å². The van der Waals surface area contributed by atoms with Gasteiger partial charge in [0.2, 0.25) is 5.91 Å². The van der Waals surface area contributed by atoms with E-state index in [9.17, 15) is 4.79 Å². The smallest absolute Gasteiger partial charge is 0.222 e. The normalized spacial score (nSPS) is 27.8. The summed E-state index contributed by atoms with van der Waals surface area (Å²) in [6.07, 6.45) is 5.88. The second-order valence-corrected chi connectivity index (χ2v) is 6.49. The number of fused-ring (bicyclic) bond motifs is 1. The number of imidazole rings is 1. The molecule has 0 unspecified atom stereocenters. The van der Waals surface area contributed by atoms with Crippen LogP contribution in [0.1, 0.15) is 25.1 Å². The average Bonchev–Trinajstić information content (AvgIpc) is 3.10. The molecule has 0 aliphatic carbocycles. The van der Waals surface area contributed by atoms with Gasteiger partial charge in [0.15, 0.2) is 0 Å². The van der Waals surface area contributed by atoms with Crippen LogP contribution in [0.4, 0.5) is 0 Å². The lowest BCUT2D eigenvalue weighted by Gasteiger charge is -2.34. The number of nitrogens with one attached hydrogen (secondary N) is 1. The molecule has 0 bridgehead atoms. The fourth-order valence-electron chi connectivity index (χ4n) is 3.53. The fraction of sp³-hybridized carbons (Fsp3) is 0.750. The van der Waals surface area contributed by atoms with Gasteiger partial charge in [-0.25, -0.2) is 4.98 Å². The van der Waals surface area contributed by atoms with Gasteiger partial charge in [0.05, 0.1) is 12.7 Å². The first-order chi connectivity index (χ1) is 11.2. The predicted octanol–water partition coefficient (Wildman–Crippen LogP) is -0.0781. The first-order valence-corrected chi connectivity index (χ1v) is 8.39. The van der Waals surface area contributed by atoms with E-state index in [-0.39, 0.29) is 24.7 Å². The van der Waals surface area contributed by atoms with Crippen molar-refractivity contribution in [2.24, 2.45) is 0 Å². The molecule has 2 saturated heterocycles. The molecule has 3 rings (SSSR count). The molecule has 3 atom stereocenters. The number of aliphatic hydroxyl groups is 1. The highest BCUT2D eigenvalue weighted by atomic mass is 16.5. The van der Waals surface area contributed by atoms with Crippen molar-refractivity contribution in [3.05, 3.63) is 18.2 Å². The van der Waals surface area contributed by atoms with Crippen molar-refractivity contribution >= 4 is 5.91 Å². The van der Waals surface area contributed by atoms with Crippen LogP contribution in [0.3, 0.4) is 0 Å². The van der Waals surface area contributed by atoms with E-state index in [1.807, 2.05) is 17.7 Å². The highest BCUT2D eigenvalue weighted by Crippen LogP contribution is 2.24. The zero-order chi connectivity index (χ0) is 16.2. The minimum absolute atomic E-state index is 0.0933. The summed E-state index contributed by atoms with van der Waals surface area (Å²) in [6.45, 7) is 5.20. The first kappa shape index (κ1) is 16.4. The Labute approximate surface area is 136 Å². The molecule has 1 amide bonds. The lowest BCUT2D eigenvalue weighted by molar-refractivity contribution is -0.121. The third-order valence-electron chi connectivity index (χ3n) is 4.81. The van der Waals surface area contributed by atoms with Gasteiger partial charge in [-0.15, -0.1) is 0 Å². The number of amides is 1. The molecule has 0 radical (unpaired) electrons. The predicted molar refractivity (Wildman–Crippen MR) is 84.9 cm³/mol. The van der Waals surface area contributed by atoms with Gasteiger partial charge in [0.25, 0.3) is 0 Å². The molecule has 23 heavy (non-hydrogen) atoms. The largest absolute Gasteiger partial charge is 0.396 e. The second-order valence-electron chi connectivity index (χ2n) is 6.49. The van der Waals surface area contributed by atoms with Crippen LogP contribution < -0.4 is 5.32 Å². The van der Waals surface area contributed by atoms with E-state index in [1.165, 1.54) is 0 Å². The van der Waals surface area contributed by atoms with Crippen molar-refractivity contribution in [1.82, 2.24) is 19.8 Å². The molecule has 2 aliphatic heterocycles. The molecule has 128 valence electrons. The van der Waals surface area contributed by atoms with E-state index in [4.69, 9.17) is 9.84 Å². The summed E-state index contributed by atoms with van der Waals surface area (Å²) >= 11 is 0. The highest BCUT2D eigenvalue weighted by molar-refractivity contribution is 5.76. The number of aryl methyl sites for hydroxylation is 2. The number of nitrogens with zero attached hydrogens (tertiary/aromatic N) is 3. The standard InChI is InChI=1S/C16H26N4O3/c1-12-17-4-6-19(12)5-2-16(22)18-13-8-14-11-23-15(3-7-21)10-20(14)9-13/h4,6,13-15,21H,2-3,5,7-11H2,1H3,(H,18,22)/t13-,14-,15-/m0/s1. The van der Waals surface area contributed by atoms with Crippen molar-refractivity contribution < 1.29 is 14.6 Å². The maximum atomic E-state index is 12.2. The first-order valence-electron chi connectivity index (χ1n) is 8.39. The van der Waals surface area contributed by atoms with E-state index < -0.39 is 0 Å². The molecule has 7 nitrogen and oxygen atoms in total. The van der Waals surface area contributed by atoms with Gasteiger partial charge in [-0.3, -0.25) is 9.69 Å². The van der Waals surface area contributed by atoms with Crippen molar-refractivity contribution in [2.45, 2.75) is 50.9 Å². The van der Waals surface area contributed by atoms with Crippen LogP contribution in [-0.2, 0) is 16.1 Å². The summed E-state index contributed by atoms with van der Waals surface area (Å²) in [5.41, 5.74) is 0. The van der Waals surface area contributed by atoms with E-state index in [0.29, 0.717) is 32.0 Å². The quantitative estimate of drug-likeness (QED) is 0.766. The molecule has 7 heteroatoms. The number of carbonyl (C=O) groups is 1. The third-order valence-corrected chi connectivity index (χ3v) is 4.81. The average molecular weight is 322 g/mol. The SMILES string of the molecule is Cc1nccn1CCC(=O)N[C@H]1C[C@H]2CO[C@@H](CCO)CN2C1. The number of hydrogen-bond donors (Lipinski definition) is 2. The fourth-order valence-corrected chi connectivity index (χ4v) is 3.53. The Balaban J connectivity index is 1.43. The van der Waals surface area contributed by atoms with Crippen LogP contribution in [0.25, 0.3) is 0 Å². The molecule has 1 aromatic heterocycles. The molecule has 1 aromatic rings. The number of aromatic nitrogens is 2. The van der Waals surface area contributed by atoms with E-state index in [0.717, 1.165) is 25.3 Å². The van der Waals surface area contributed by atoms with E-state index >= 15 is 0 Å². The van der Waals surface area contributed by atoms with Crippen LogP contribution in [0.15, 0.2) is 12.4 Å². The van der Waals surface area contributed by atoms with Crippen LogP contribution in [-0.4, -0.2) is 70.0 Å². The number of hydrogen-bond acceptors (Lipinski definition) is 5. The minimum Gasteiger partial charge on any atom is -0.396 e. The van der Waals surface area contributed by atoms with Crippen LogP contribution in [0.5, 0.6) is 0 Å². The van der Waals surface area contributed by atoms with Crippen LogP contribution in [0.2, 0.25) is 0 Å². The van der Waals surface area contributed by atoms with Crippen molar-refractivity contribution in [1.29, 1.82) is 0 Å². The Morgan fingerprint density at radius 2 is 2.39 bits per heavy atom. The topological polar surface area (TPSA) is 79.6 Å². The molecule has 2 aliphatic rings. The molecule has 0 spiro atoms. The highest BCUT2D eigenvalue weighted by Gasteiger charge is 2.37. The van der Waals surface area contributed by atoms with Crippen molar-refractivity contribution in [2.75, 3.05) is 26.3 Å². The Morgan fingerprint density at radius 3 is 3.13 bits per heavy atom. The monoisotopic (exact) mass is 322 g/mol. The minimum atomic E-state index is 0.0933. The van der Waals surface area contributed by atoms with Gasteiger partial charge >= 0.3 is 0 Å². The zero-order valence-electron chi connectivity index (χ0n) is 13.6. The molecule has 2 N–H and O–H groups in total. The van der Waals surface area contributed by atoms with Gasteiger partial charge in [0.1, 0.15) is 5.82 Å². The molecular weight excluding hydrogens is 296 g/mol. The van der Waals surface area contributed by atoms with Gasteiger partial charge < -0.3 is 19.7 Å². The number of ether oxygens (including phenoxy) is 1. The third kappa shape index (κ3) is 4.10. The summed E-state index contributed by atoms with van der Waals surface area (Å²) in [7, 11) is 0. The number of morpholine rings is 1. The van der Waals surface area contributed by atoms with Crippen molar-refractivity contribution in [3.63, 3.8) is 0 Å². The van der Waals surface area contributed by atoms with Gasteiger partial charge in [-0.2, -0.15) is 0 Å². The van der Waals surface area contributed by atoms with Crippen molar-refractivity contribution in [3.8, 4) is 0 Å². The molecule has 0 saturated carbocycles. The van der Waals surface area contributed by atoms with E-state index in [1.54, 1.807) is 6.20 Å². The Kier molecular flexibility index (Phi) is 5.30. The Bertz CT molecular complexity index is 533. The molecule has 0 aromatic carbocycles. The summed E-state index contributed by atoms with van der Waals surface area (Å²) < 4.78 is 7.76. The second kappa shape index (κ2) is 7.42. The maximum Gasteiger partial charge on any atom is 0.222 e. The van der Waals surface area contributed by atoms with Crippen LogP contribution >= 0.6 is 0 Å². The lowest BCUT2D eigenvalue weighted by atomic mass is 10.1. The van der Waals surface area contributed by atoms with Crippen LogP contribution in [0, 0.1) is 6.92 Å². The van der Waals surface area contributed by atoms with Gasteiger partial charge in [-0.05, 0) is 19.8 Å². The summed E-state index contributed by atoms with van der Waals surface area (Å²) in [5, 5.41) is 12.2. The Morgan fingerprint density at radius 1 is 1.52 bits per heavy atom. The van der Waals surface area contributed by atoms with Gasteiger partial charge in [0, 0.05) is 57.1 Å². The number of aliphatic hydroxyl groups excluding tert-OH is 1. The zero-order valence-corrected chi connectivity index (χ0v) is 13.6. The summed E-state index contributed by atoms with van der Waals surface area (Å²) in [6, 6.07) is 0.596. The number of rotatable bonds is 6. The van der Waals surface area contributed by atoms with E-state index in [2.05, 4.69) is 15.2 Å².